The lowest BCUT2D eigenvalue weighted by molar-refractivity contribution is 0.444. The molecule has 14 heavy (non-hydrogen) atoms. The van der Waals surface area contributed by atoms with Gasteiger partial charge in [0.25, 0.3) is 0 Å². The van der Waals surface area contributed by atoms with E-state index in [0.29, 0.717) is 0 Å². The number of hydrogen-bond donors (Lipinski definition) is 1. The zero-order valence-corrected chi connectivity index (χ0v) is 8.87. The Labute approximate surface area is 85.5 Å². The quantitative estimate of drug-likeness (QED) is 0.790. The number of rotatable bonds is 4. The Kier molecular flexibility index (Phi) is 3.19. The van der Waals surface area contributed by atoms with Crippen LogP contribution in [0.15, 0.2) is 12.4 Å². The van der Waals surface area contributed by atoms with Gasteiger partial charge in [-0.05, 0) is 25.8 Å². The molecule has 1 fully saturated rings. The van der Waals surface area contributed by atoms with Crippen molar-refractivity contribution < 1.29 is 0 Å². The van der Waals surface area contributed by atoms with E-state index in [2.05, 4.69) is 21.1 Å². The average molecular weight is 193 g/mol. The Morgan fingerprint density at radius 1 is 1.50 bits per heavy atom. The maximum absolute atomic E-state index is 4.35. The van der Waals surface area contributed by atoms with Crippen LogP contribution in [0, 0.1) is 5.92 Å². The molecule has 0 radical (unpaired) electrons. The molecule has 1 aliphatic rings. The van der Waals surface area contributed by atoms with Gasteiger partial charge in [0.1, 0.15) is 5.82 Å². The van der Waals surface area contributed by atoms with Crippen LogP contribution < -0.4 is 5.32 Å². The zero-order valence-electron chi connectivity index (χ0n) is 8.87. The van der Waals surface area contributed by atoms with E-state index in [1.807, 2.05) is 13.2 Å². The monoisotopic (exact) mass is 193 g/mol. The fraction of sp³-hybridized carbons (Fsp3) is 0.727. The van der Waals surface area contributed by atoms with Crippen LogP contribution in [0.1, 0.15) is 31.5 Å². The summed E-state index contributed by atoms with van der Waals surface area (Å²) >= 11 is 0. The van der Waals surface area contributed by atoms with Gasteiger partial charge in [0.2, 0.25) is 0 Å². The standard InChI is InChI=1S/C11H19N3/c1-12-8-11-13-6-7-14(11)9-10-4-2-3-5-10/h6-7,10,12H,2-5,8-9H2,1H3. The summed E-state index contributed by atoms with van der Waals surface area (Å²) in [5.41, 5.74) is 0. The zero-order chi connectivity index (χ0) is 9.80. The summed E-state index contributed by atoms with van der Waals surface area (Å²) in [4.78, 5) is 4.35. The lowest BCUT2D eigenvalue weighted by Gasteiger charge is -2.12. The van der Waals surface area contributed by atoms with Gasteiger partial charge in [-0.2, -0.15) is 0 Å². The van der Waals surface area contributed by atoms with Gasteiger partial charge in [0, 0.05) is 18.9 Å². The molecule has 0 aromatic carbocycles. The van der Waals surface area contributed by atoms with E-state index >= 15 is 0 Å². The van der Waals surface area contributed by atoms with Crippen LogP contribution in [0.25, 0.3) is 0 Å². The highest BCUT2D eigenvalue weighted by molar-refractivity contribution is 4.92. The molecule has 1 aromatic rings. The Morgan fingerprint density at radius 3 is 3.00 bits per heavy atom. The van der Waals surface area contributed by atoms with Crippen LogP contribution in [0.3, 0.4) is 0 Å². The third-order valence-electron chi connectivity index (χ3n) is 3.07. The van der Waals surface area contributed by atoms with Gasteiger partial charge in [-0.3, -0.25) is 0 Å². The second kappa shape index (κ2) is 4.60. The van der Waals surface area contributed by atoms with Gasteiger partial charge >= 0.3 is 0 Å². The van der Waals surface area contributed by atoms with E-state index < -0.39 is 0 Å². The van der Waals surface area contributed by atoms with Crippen LogP contribution in [0.5, 0.6) is 0 Å². The van der Waals surface area contributed by atoms with E-state index in [1.165, 1.54) is 31.5 Å². The van der Waals surface area contributed by atoms with Crippen molar-refractivity contribution in [3.8, 4) is 0 Å². The Balaban J connectivity index is 1.96. The van der Waals surface area contributed by atoms with Crippen molar-refractivity contribution in [2.24, 2.45) is 5.92 Å². The molecule has 1 saturated carbocycles. The Bertz CT molecular complexity index is 274. The van der Waals surface area contributed by atoms with Gasteiger partial charge in [-0.1, -0.05) is 12.8 Å². The Hall–Kier alpha value is -0.830. The first-order valence-electron chi connectivity index (χ1n) is 5.55. The molecule has 0 atom stereocenters. The predicted octanol–water partition coefficient (Wildman–Crippen LogP) is 1.79. The van der Waals surface area contributed by atoms with Crippen LogP contribution in [-0.2, 0) is 13.1 Å². The first-order chi connectivity index (χ1) is 6.90. The number of nitrogens with zero attached hydrogens (tertiary/aromatic N) is 2. The van der Waals surface area contributed by atoms with Gasteiger partial charge in [0.05, 0.1) is 6.54 Å². The topological polar surface area (TPSA) is 29.9 Å². The maximum Gasteiger partial charge on any atom is 0.122 e. The number of nitrogens with one attached hydrogen (secondary N) is 1. The first-order valence-corrected chi connectivity index (χ1v) is 5.55. The maximum atomic E-state index is 4.35. The number of hydrogen-bond acceptors (Lipinski definition) is 2. The molecule has 1 heterocycles. The van der Waals surface area contributed by atoms with Crippen LogP contribution in [0.2, 0.25) is 0 Å². The Morgan fingerprint density at radius 2 is 2.29 bits per heavy atom. The van der Waals surface area contributed by atoms with Crippen molar-refractivity contribution in [2.45, 2.75) is 38.8 Å². The van der Waals surface area contributed by atoms with Crippen LogP contribution >= 0.6 is 0 Å². The summed E-state index contributed by atoms with van der Waals surface area (Å²) in [6.45, 7) is 2.04. The van der Waals surface area contributed by atoms with Crippen molar-refractivity contribution >= 4 is 0 Å². The van der Waals surface area contributed by atoms with Gasteiger partial charge in [-0.25, -0.2) is 4.98 Å². The fourth-order valence-electron chi connectivity index (χ4n) is 2.30. The molecule has 0 unspecified atom stereocenters. The third-order valence-corrected chi connectivity index (χ3v) is 3.07. The largest absolute Gasteiger partial charge is 0.334 e. The van der Waals surface area contributed by atoms with Crippen LogP contribution in [-0.4, -0.2) is 16.6 Å². The van der Waals surface area contributed by atoms with E-state index in [-0.39, 0.29) is 0 Å². The highest BCUT2D eigenvalue weighted by Gasteiger charge is 2.16. The average Bonchev–Trinajstić information content (AvgIpc) is 2.80. The number of aromatic nitrogens is 2. The van der Waals surface area contributed by atoms with Gasteiger partial charge in [-0.15, -0.1) is 0 Å². The van der Waals surface area contributed by atoms with Crippen molar-refractivity contribution in [1.29, 1.82) is 0 Å². The SMILES string of the molecule is CNCc1nccn1CC1CCCC1. The smallest absolute Gasteiger partial charge is 0.122 e. The summed E-state index contributed by atoms with van der Waals surface area (Å²) in [5.74, 6) is 2.05. The minimum atomic E-state index is 0.875. The molecular weight excluding hydrogens is 174 g/mol. The lowest BCUT2D eigenvalue weighted by Crippen LogP contribution is -2.15. The highest BCUT2D eigenvalue weighted by Crippen LogP contribution is 2.26. The first kappa shape index (κ1) is 9.71. The van der Waals surface area contributed by atoms with Crippen molar-refractivity contribution in [3.05, 3.63) is 18.2 Å². The molecule has 3 nitrogen and oxygen atoms in total. The molecule has 3 heteroatoms. The summed E-state index contributed by atoms with van der Waals surface area (Å²) in [6, 6.07) is 0. The molecule has 78 valence electrons. The minimum absolute atomic E-state index is 0.875. The summed E-state index contributed by atoms with van der Waals surface area (Å²) in [6.07, 6.45) is 9.64. The fourth-order valence-corrected chi connectivity index (χ4v) is 2.30. The van der Waals surface area contributed by atoms with E-state index in [1.54, 1.807) is 0 Å². The third kappa shape index (κ3) is 2.15. The summed E-state index contributed by atoms with van der Waals surface area (Å²) in [7, 11) is 1.97. The van der Waals surface area contributed by atoms with E-state index in [4.69, 9.17) is 0 Å². The minimum Gasteiger partial charge on any atom is -0.334 e. The molecule has 0 bridgehead atoms. The predicted molar refractivity (Wildman–Crippen MR) is 56.9 cm³/mol. The van der Waals surface area contributed by atoms with Crippen molar-refractivity contribution in [1.82, 2.24) is 14.9 Å². The van der Waals surface area contributed by atoms with E-state index in [9.17, 15) is 0 Å². The second-order valence-corrected chi connectivity index (χ2v) is 4.18. The molecule has 1 N–H and O–H groups in total. The molecule has 1 aromatic heterocycles. The molecule has 0 spiro atoms. The number of imidazole rings is 1. The molecule has 0 saturated heterocycles. The van der Waals surface area contributed by atoms with Crippen molar-refractivity contribution in [2.75, 3.05) is 7.05 Å². The lowest BCUT2D eigenvalue weighted by atomic mass is 10.1. The molecule has 1 aliphatic carbocycles. The van der Waals surface area contributed by atoms with Crippen molar-refractivity contribution in [3.63, 3.8) is 0 Å². The summed E-state index contributed by atoms with van der Waals surface area (Å²) in [5, 5.41) is 3.15. The van der Waals surface area contributed by atoms with Crippen LogP contribution in [0.4, 0.5) is 0 Å². The molecule has 0 amide bonds. The normalized spacial score (nSPS) is 17.8. The van der Waals surface area contributed by atoms with Gasteiger partial charge < -0.3 is 9.88 Å². The second-order valence-electron chi connectivity index (χ2n) is 4.18. The molecule has 0 aliphatic heterocycles. The summed E-state index contributed by atoms with van der Waals surface area (Å²) < 4.78 is 2.30. The molecule has 2 rings (SSSR count). The van der Waals surface area contributed by atoms with Gasteiger partial charge in [0.15, 0.2) is 0 Å². The van der Waals surface area contributed by atoms with E-state index in [0.717, 1.165) is 19.0 Å². The highest BCUT2D eigenvalue weighted by atomic mass is 15.1. The molecular formula is C11H19N3.